The van der Waals surface area contributed by atoms with Gasteiger partial charge in [0, 0.05) is 17.1 Å². The van der Waals surface area contributed by atoms with Crippen molar-refractivity contribution in [1.29, 1.82) is 0 Å². The zero-order valence-corrected chi connectivity index (χ0v) is 16.9. The third kappa shape index (κ3) is 4.14. The number of rotatable bonds is 5. The number of hydrogen-bond donors (Lipinski definition) is 0. The normalized spacial score (nSPS) is 11.0. The summed E-state index contributed by atoms with van der Waals surface area (Å²) in [4.78, 5) is 2.30. The Morgan fingerprint density at radius 3 is 1.86 bits per heavy atom. The number of benzene rings is 4. The molecule has 0 heterocycles. The molecule has 0 atom stereocenters. The molecule has 0 N–H and O–H groups in total. The highest BCUT2D eigenvalue weighted by Gasteiger charge is 2.13. The van der Waals surface area contributed by atoms with E-state index >= 15 is 0 Å². The number of anilines is 3. The molecule has 1 heteroatoms. The summed E-state index contributed by atoms with van der Waals surface area (Å²) >= 11 is 0. The molecule has 0 saturated carbocycles. The third-order valence-corrected chi connectivity index (χ3v) is 5.00. The summed E-state index contributed by atoms with van der Waals surface area (Å²) in [5, 5.41) is 0. The van der Waals surface area contributed by atoms with Gasteiger partial charge in [-0.2, -0.15) is 0 Å². The van der Waals surface area contributed by atoms with Crippen molar-refractivity contribution in [2.75, 3.05) is 4.90 Å². The third-order valence-electron chi connectivity index (χ3n) is 5.00. The van der Waals surface area contributed by atoms with Crippen LogP contribution in [0, 0.1) is 6.92 Å². The molecule has 0 aliphatic heterocycles. The van der Waals surface area contributed by atoms with Gasteiger partial charge in [0.25, 0.3) is 0 Å². The predicted molar refractivity (Wildman–Crippen MR) is 126 cm³/mol. The van der Waals surface area contributed by atoms with Gasteiger partial charge in [-0.05, 0) is 66.9 Å². The van der Waals surface area contributed by atoms with Crippen LogP contribution in [0.25, 0.3) is 17.2 Å². The molecule has 1 nitrogen and oxygen atoms in total. The van der Waals surface area contributed by atoms with Crippen LogP contribution >= 0.6 is 0 Å². The van der Waals surface area contributed by atoms with Crippen LogP contribution < -0.4 is 4.90 Å². The van der Waals surface area contributed by atoms with Crippen LogP contribution in [0.15, 0.2) is 109 Å². The minimum atomic E-state index is 1.15. The van der Waals surface area contributed by atoms with Crippen LogP contribution in [0.5, 0.6) is 0 Å². The number of hydrogen-bond acceptors (Lipinski definition) is 1. The van der Waals surface area contributed by atoms with Crippen molar-refractivity contribution in [2.45, 2.75) is 13.8 Å². The van der Waals surface area contributed by atoms with E-state index in [1.54, 1.807) is 0 Å². The Labute approximate surface area is 173 Å². The second-order valence-electron chi connectivity index (χ2n) is 7.15. The van der Waals surface area contributed by atoms with Gasteiger partial charge in [-0.3, -0.25) is 0 Å². The van der Waals surface area contributed by atoms with Gasteiger partial charge in [-0.1, -0.05) is 84.4 Å². The molecule has 4 aromatic rings. The van der Waals surface area contributed by atoms with Crippen molar-refractivity contribution in [3.05, 3.63) is 120 Å². The smallest absolute Gasteiger partial charge is 0.0467 e. The average Bonchev–Trinajstić information content (AvgIpc) is 2.77. The minimum absolute atomic E-state index is 1.15. The maximum Gasteiger partial charge on any atom is 0.0467 e. The van der Waals surface area contributed by atoms with Gasteiger partial charge in [0.05, 0.1) is 0 Å². The van der Waals surface area contributed by atoms with Crippen molar-refractivity contribution in [3.8, 4) is 11.1 Å². The topological polar surface area (TPSA) is 3.24 Å². The molecule has 4 rings (SSSR count). The monoisotopic (exact) mass is 375 g/mol. The Balaban J connectivity index is 1.86. The first-order chi connectivity index (χ1) is 14.3. The molecule has 0 aliphatic rings. The van der Waals surface area contributed by atoms with Gasteiger partial charge < -0.3 is 4.90 Å². The summed E-state index contributed by atoms with van der Waals surface area (Å²) in [6.45, 7) is 4.21. The summed E-state index contributed by atoms with van der Waals surface area (Å²) in [5.41, 5.74) is 8.42. The van der Waals surface area contributed by atoms with Gasteiger partial charge in [0.2, 0.25) is 0 Å². The van der Waals surface area contributed by atoms with E-state index in [0.29, 0.717) is 0 Å². The molecule has 0 spiro atoms. The maximum absolute atomic E-state index is 2.30. The maximum atomic E-state index is 2.30. The molecule has 0 fully saturated rings. The average molecular weight is 376 g/mol. The second-order valence-corrected chi connectivity index (χ2v) is 7.15. The molecule has 0 bridgehead atoms. The van der Waals surface area contributed by atoms with Crippen LogP contribution in [0.3, 0.4) is 0 Å². The fraction of sp³-hybridized carbons (Fsp3) is 0.0714. The van der Waals surface area contributed by atoms with E-state index in [4.69, 9.17) is 0 Å². The van der Waals surface area contributed by atoms with Crippen molar-refractivity contribution < 1.29 is 0 Å². The fourth-order valence-electron chi connectivity index (χ4n) is 3.66. The Hall–Kier alpha value is -3.58. The van der Waals surface area contributed by atoms with Crippen LogP contribution in [-0.4, -0.2) is 0 Å². The van der Waals surface area contributed by atoms with E-state index in [9.17, 15) is 0 Å². The lowest BCUT2D eigenvalue weighted by atomic mass is 9.96. The Bertz CT molecular complexity index is 1070. The first-order valence-corrected chi connectivity index (χ1v) is 10.0. The molecule has 0 radical (unpaired) electrons. The number of nitrogens with zero attached hydrogens (tertiary/aromatic N) is 1. The summed E-state index contributed by atoms with van der Waals surface area (Å²) in [5.74, 6) is 0. The highest BCUT2D eigenvalue weighted by atomic mass is 15.1. The van der Waals surface area contributed by atoms with Crippen molar-refractivity contribution >= 4 is 23.1 Å². The zero-order chi connectivity index (χ0) is 20.1. The lowest BCUT2D eigenvalue weighted by molar-refractivity contribution is 1.28. The standard InChI is InChI=1S/C28H25N/c1-3-11-23-19-18-22(2)20-28(23)24-12-10-17-27(21-24)29(25-13-6-4-7-14-25)26-15-8-5-9-16-26/h3-21H,1-2H3/b11-3+. The number of para-hydroxylation sites is 2. The molecular weight excluding hydrogens is 350 g/mol. The summed E-state index contributed by atoms with van der Waals surface area (Å²) in [7, 11) is 0. The first-order valence-electron chi connectivity index (χ1n) is 10.0. The summed E-state index contributed by atoms with van der Waals surface area (Å²) in [6, 6.07) is 36.5. The van der Waals surface area contributed by atoms with Gasteiger partial charge in [-0.15, -0.1) is 0 Å². The van der Waals surface area contributed by atoms with Crippen LogP contribution in [0.1, 0.15) is 18.1 Å². The highest BCUT2D eigenvalue weighted by Crippen LogP contribution is 2.37. The van der Waals surface area contributed by atoms with Crippen molar-refractivity contribution in [1.82, 2.24) is 0 Å². The molecule has 0 aromatic heterocycles. The number of allylic oxidation sites excluding steroid dienone is 1. The molecule has 0 unspecified atom stereocenters. The fourth-order valence-corrected chi connectivity index (χ4v) is 3.66. The minimum Gasteiger partial charge on any atom is -0.310 e. The van der Waals surface area contributed by atoms with Crippen LogP contribution in [-0.2, 0) is 0 Å². The predicted octanol–water partition coefficient (Wildman–Crippen LogP) is 8.16. The zero-order valence-electron chi connectivity index (χ0n) is 16.9. The molecule has 142 valence electrons. The summed E-state index contributed by atoms with van der Waals surface area (Å²) in [6.07, 6.45) is 4.27. The quantitative estimate of drug-likeness (QED) is 0.340. The van der Waals surface area contributed by atoms with E-state index in [1.165, 1.54) is 22.3 Å². The van der Waals surface area contributed by atoms with Gasteiger partial charge in [-0.25, -0.2) is 0 Å². The van der Waals surface area contributed by atoms with E-state index < -0.39 is 0 Å². The number of aryl methyl sites for hydroxylation is 1. The van der Waals surface area contributed by atoms with Gasteiger partial charge >= 0.3 is 0 Å². The van der Waals surface area contributed by atoms with Gasteiger partial charge in [0.15, 0.2) is 0 Å². The van der Waals surface area contributed by atoms with Crippen LogP contribution in [0.2, 0.25) is 0 Å². The van der Waals surface area contributed by atoms with Crippen molar-refractivity contribution in [2.24, 2.45) is 0 Å². The largest absolute Gasteiger partial charge is 0.310 e. The molecule has 29 heavy (non-hydrogen) atoms. The first kappa shape index (κ1) is 18.8. The molecular formula is C28H25N. The van der Waals surface area contributed by atoms with Crippen molar-refractivity contribution in [3.63, 3.8) is 0 Å². The lowest BCUT2D eigenvalue weighted by Crippen LogP contribution is -2.09. The highest BCUT2D eigenvalue weighted by molar-refractivity contribution is 5.82. The van der Waals surface area contributed by atoms with E-state index in [-0.39, 0.29) is 0 Å². The SMILES string of the molecule is C/C=C/c1ccc(C)cc1-c1cccc(N(c2ccccc2)c2ccccc2)c1. The molecule has 0 amide bonds. The van der Waals surface area contributed by atoms with Crippen LogP contribution in [0.4, 0.5) is 17.1 Å². The second kappa shape index (κ2) is 8.62. The lowest BCUT2D eigenvalue weighted by Gasteiger charge is -2.26. The Kier molecular flexibility index (Phi) is 5.58. The van der Waals surface area contributed by atoms with Gasteiger partial charge in [0.1, 0.15) is 0 Å². The summed E-state index contributed by atoms with van der Waals surface area (Å²) < 4.78 is 0. The van der Waals surface area contributed by atoms with E-state index in [0.717, 1.165) is 17.1 Å². The molecule has 4 aromatic carbocycles. The molecule has 0 aliphatic carbocycles. The molecule has 0 saturated heterocycles. The van der Waals surface area contributed by atoms with E-state index in [2.05, 4.69) is 134 Å². The Morgan fingerprint density at radius 1 is 0.621 bits per heavy atom. The Morgan fingerprint density at radius 2 is 1.24 bits per heavy atom. The van der Waals surface area contributed by atoms with E-state index in [1.807, 2.05) is 0 Å².